The number of fused-ring (bicyclic) bond motifs is 1. The summed E-state index contributed by atoms with van der Waals surface area (Å²) in [6.45, 7) is 0.394. The molecule has 1 aromatic rings. The third kappa shape index (κ3) is 2.46. The Balaban J connectivity index is 1.80. The molecular formula is C15H15Br2NO2. The number of amides is 2. The molecule has 2 amide bonds. The van der Waals surface area contributed by atoms with Crippen molar-refractivity contribution in [1.82, 2.24) is 4.90 Å². The number of likely N-dealkylation sites (tertiary alicyclic amines) is 1. The van der Waals surface area contributed by atoms with E-state index in [4.69, 9.17) is 0 Å². The third-order valence-corrected chi connectivity index (χ3v) is 6.92. The van der Waals surface area contributed by atoms with Crippen molar-refractivity contribution in [1.29, 1.82) is 0 Å². The van der Waals surface area contributed by atoms with Gasteiger partial charge in [0.2, 0.25) is 11.8 Å². The minimum absolute atomic E-state index is 0.00676. The van der Waals surface area contributed by atoms with Crippen LogP contribution in [0, 0.1) is 11.8 Å². The Morgan fingerprint density at radius 1 is 0.950 bits per heavy atom. The molecule has 1 heterocycles. The van der Waals surface area contributed by atoms with Gasteiger partial charge in [0.25, 0.3) is 0 Å². The van der Waals surface area contributed by atoms with Crippen LogP contribution in [0.25, 0.3) is 0 Å². The van der Waals surface area contributed by atoms with Gasteiger partial charge in [-0.2, -0.15) is 0 Å². The molecule has 0 radical (unpaired) electrons. The van der Waals surface area contributed by atoms with Gasteiger partial charge >= 0.3 is 0 Å². The third-order valence-electron chi connectivity index (χ3n) is 4.19. The van der Waals surface area contributed by atoms with E-state index in [1.807, 2.05) is 30.3 Å². The van der Waals surface area contributed by atoms with Crippen molar-refractivity contribution in [2.75, 3.05) is 0 Å². The Morgan fingerprint density at radius 2 is 1.45 bits per heavy atom. The fraction of sp³-hybridized carbons (Fsp3) is 0.467. The SMILES string of the molecule is O=C1[C@H]2C[C@@H](Br)[C@@H](Br)C[C@H]2C(=O)N1Cc1ccccc1. The highest BCUT2D eigenvalue weighted by atomic mass is 79.9. The van der Waals surface area contributed by atoms with Crippen LogP contribution in [0.4, 0.5) is 0 Å². The van der Waals surface area contributed by atoms with Crippen molar-refractivity contribution in [2.24, 2.45) is 11.8 Å². The van der Waals surface area contributed by atoms with Crippen LogP contribution in [-0.2, 0) is 16.1 Å². The second kappa shape index (κ2) is 5.60. The molecule has 4 atom stereocenters. The van der Waals surface area contributed by atoms with Crippen LogP contribution in [-0.4, -0.2) is 26.4 Å². The molecule has 2 fully saturated rings. The molecule has 3 nitrogen and oxygen atoms in total. The van der Waals surface area contributed by atoms with E-state index in [1.54, 1.807) is 0 Å². The van der Waals surface area contributed by atoms with Gasteiger partial charge in [-0.3, -0.25) is 14.5 Å². The van der Waals surface area contributed by atoms with E-state index in [0.717, 1.165) is 18.4 Å². The molecule has 1 aromatic carbocycles. The summed E-state index contributed by atoms with van der Waals surface area (Å²) in [5.74, 6) is -0.311. The molecule has 0 N–H and O–H groups in total. The topological polar surface area (TPSA) is 37.4 Å². The average Bonchev–Trinajstić information content (AvgIpc) is 2.66. The molecule has 0 bridgehead atoms. The molecule has 0 unspecified atom stereocenters. The normalized spacial score (nSPS) is 33.4. The zero-order valence-electron chi connectivity index (χ0n) is 10.8. The van der Waals surface area contributed by atoms with Crippen molar-refractivity contribution in [3.63, 3.8) is 0 Å². The summed E-state index contributed by atoms with van der Waals surface area (Å²) in [4.78, 5) is 26.9. The first-order chi connectivity index (χ1) is 9.58. The predicted octanol–water partition coefficient (Wildman–Crippen LogP) is 3.11. The maximum absolute atomic E-state index is 12.5. The number of rotatable bonds is 2. The molecule has 0 spiro atoms. The van der Waals surface area contributed by atoms with Crippen LogP contribution in [0.15, 0.2) is 30.3 Å². The second-order valence-corrected chi connectivity index (χ2v) is 7.82. The number of benzene rings is 1. The summed E-state index contributed by atoms with van der Waals surface area (Å²) in [5, 5.41) is 0. The first-order valence-corrected chi connectivity index (χ1v) is 8.58. The molecule has 106 valence electrons. The maximum Gasteiger partial charge on any atom is 0.233 e. The number of alkyl halides is 2. The van der Waals surface area contributed by atoms with Gasteiger partial charge in [0.1, 0.15) is 0 Å². The van der Waals surface area contributed by atoms with Gasteiger partial charge in [-0.05, 0) is 18.4 Å². The van der Waals surface area contributed by atoms with E-state index in [2.05, 4.69) is 31.9 Å². The number of hydrogen-bond acceptors (Lipinski definition) is 2. The van der Waals surface area contributed by atoms with Crippen molar-refractivity contribution < 1.29 is 9.59 Å². The minimum atomic E-state index is -0.149. The first kappa shape index (κ1) is 14.3. The Hall–Kier alpha value is -0.680. The van der Waals surface area contributed by atoms with Crippen LogP contribution >= 0.6 is 31.9 Å². The molecule has 20 heavy (non-hydrogen) atoms. The summed E-state index contributed by atoms with van der Waals surface area (Å²) >= 11 is 7.19. The van der Waals surface area contributed by atoms with E-state index in [9.17, 15) is 9.59 Å². The molecule has 0 aromatic heterocycles. The van der Waals surface area contributed by atoms with Gasteiger partial charge in [-0.1, -0.05) is 62.2 Å². The Kier molecular flexibility index (Phi) is 4.00. The zero-order chi connectivity index (χ0) is 14.3. The average molecular weight is 401 g/mol. The van der Waals surface area contributed by atoms with E-state index in [-0.39, 0.29) is 33.3 Å². The van der Waals surface area contributed by atoms with Gasteiger partial charge in [0.05, 0.1) is 18.4 Å². The standard InChI is InChI=1S/C15H15Br2NO2/c16-12-6-10-11(7-13(12)17)15(20)18(14(10)19)8-9-4-2-1-3-5-9/h1-5,10-13H,6-8H2/t10-,11+,12+,13-. The lowest BCUT2D eigenvalue weighted by Gasteiger charge is -2.29. The summed E-state index contributed by atoms with van der Waals surface area (Å²) < 4.78 is 0. The maximum atomic E-state index is 12.5. The van der Waals surface area contributed by atoms with Crippen molar-refractivity contribution in [2.45, 2.75) is 29.0 Å². The Bertz CT molecular complexity index is 506. The van der Waals surface area contributed by atoms with Gasteiger partial charge in [-0.15, -0.1) is 0 Å². The van der Waals surface area contributed by atoms with Crippen molar-refractivity contribution in [3.8, 4) is 0 Å². The van der Waals surface area contributed by atoms with Crippen molar-refractivity contribution >= 4 is 43.7 Å². The van der Waals surface area contributed by atoms with E-state index in [0.29, 0.717) is 6.54 Å². The van der Waals surface area contributed by atoms with Gasteiger partial charge in [0.15, 0.2) is 0 Å². The number of hydrogen-bond donors (Lipinski definition) is 0. The number of nitrogens with zero attached hydrogens (tertiary/aromatic N) is 1. The Morgan fingerprint density at radius 3 is 1.95 bits per heavy atom. The lowest BCUT2D eigenvalue weighted by Crippen LogP contribution is -2.34. The van der Waals surface area contributed by atoms with Gasteiger partial charge in [0, 0.05) is 9.65 Å². The van der Waals surface area contributed by atoms with Crippen LogP contribution < -0.4 is 0 Å². The van der Waals surface area contributed by atoms with Crippen molar-refractivity contribution in [3.05, 3.63) is 35.9 Å². The lowest BCUT2D eigenvalue weighted by atomic mass is 9.81. The molecule has 3 rings (SSSR count). The number of carbonyl (C=O) groups excluding carboxylic acids is 2. The molecule has 5 heteroatoms. The fourth-order valence-corrected chi connectivity index (χ4v) is 4.32. The first-order valence-electron chi connectivity index (χ1n) is 6.75. The summed E-state index contributed by atoms with van der Waals surface area (Å²) in [6, 6.07) is 9.68. The minimum Gasteiger partial charge on any atom is -0.278 e. The number of carbonyl (C=O) groups is 2. The molecule has 1 saturated carbocycles. The molecule has 1 aliphatic heterocycles. The summed E-state index contributed by atoms with van der Waals surface area (Å²) in [5.41, 5.74) is 0.999. The summed E-state index contributed by atoms with van der Waals surface area (Å²) in [6.07, 6.45) is 1.47. The zero-order valence-corrected chi connectivity index (χ0v) is 14.0. The number of halogens is 2. The lowest BCUT2D eigenvalue weighted by molar-refractivity contribution is -0.140. The quantitative estimate of drug-likeness (QED) is 0.565. The highest BCUT2D eigenvalue weighted by molar-refractivity contribution is 9.12. The highest BCUT2D eigenvalue weighted by Gasteiger charge is 2.51. The van der Waals surface area contributed by atoms with Crippen LogP contribution in [0.1, 0.15) is 18.4 Å². The monoisotopic (exact) mass is 399 g/mol. The molecule has 1 saturated heterocycles. The summed E-state index contributed by atoms with van der Waals surface area (Å²) in [7, 11) is 0. The molecule has 1 aliphatic carbocycles. The molecule has 2 aliphatic rings. The second-order valence-electron chi connectivity index (χ2n) is 5.46. The van der Waals surface area contributed by atoms with Crippen LogP contribution in [0.3, 0.4) is 0 Å². The van der Waals surface area contributed by atoms with Crippen LogP contribution in [0.5, 0.6) is 0 Å². The van der Waals surface area contributed by atoms with Gasteiger partial charge in [-0.25, -0.2) is 0 Å². The Labute approximate surface area is 135 Å². The van der Waals surface area contributed by atoms with E-state index >= 15 is 0 Å². The van der Waals surface area contributed by atoms with E-state index in [1.165, 1.54) is 4.90 Å². The number of imide groups is 1. The van der Waals surface area contributed by atoms with Gasteiger partial charge < -0.3 is 0 Å². The largest absolute Gasteiger partial charge is 0.278 e. The predicted molar refractivity (Wildman–Crippen MR) is 83.6 cm³/mol. The van der Waals surface area contributed by atoms with E-state index < -0.39 is 0 Å². The molecular weight excluding hydrogens is 386 g/mol. The van der Waals surface area contributed by atoms with Crippen LogP contribution in [0.2, 0.25) is 0 Å². The highest BCUT2D eigenvalue weighted by Crippen LogP contribution is 2.43. The fourth-order valence-electron chi connectivity index (χ4n) is 3.09. The smallest absolute Gasteiger partial charge is 0.233 e.